The van der Waals surface area contributed by atoms with Gasteiger partial charge < -0.3 is 15.5 Å². The molecule has 21 heavy (non-hydrogen) atoms. The average molecular weight is 289 g/mol. The maximum absolute atomic E-state index is 11.9. The average Bonchev–Trinajstić information content (AvgIpc) is 2.42. The van der Waals surface area contributed by atoms with Gasteiger partial charge in [0.15, 0.2) is 0 Å². The van der Waals surface area contributed by atoms with Crippen LogP contribution in [0.1, 0.15) is 25.3 Å². The van der Waals surface area contributed by atoms with E-state index in [1.165, 1.54) is 12.8 Å². The summed E-state index contributed by atoms with van der Waals surface area (Å²) in [5.74, 6) is 0.0251. The van der Waals surface area contributed by atoms with E-state index in [2.05, 4.69) is 29.5 Å². The molecule has 1 aromatic carbocycles. The Labute approximate surface area is 127 Å². The summed E-state index contributed by atoms with van der Waals surface area (Å²) >= 11 is 0. The summed E-state index contributed by atoms with van der Waals surface area (Å²) in [5, 5.41) is 6.24. The van der Waals surface area contributed by atoms with Crippen molar-refractivity contribution in [1.29, 1.82) is 0 Å². The molecule has 0 bridgehead atoms. The fourth-order valence-corrected chi connectivity index (χ4v) is 2.74. The molecule has 1 aliphatic heterocycles. The van der Waals surface area contributed by atoms with Gasteiger partial charge in [-0.15, -0.1) is 0 Å². The maximum Gasteiger partial charge on any atom is 0.238 e. The molecule has 0 unspecified atom stereocenters. The number of likely N-dealkylation sites (tertiary alicyclic amines) is 1. The van der Waals surface area contributed by atoms with Crippen LogP contribution in [0.3, 0.4) is 0 Å². The van der Waals surface area contributed by atoms with Crippen LogP contribution in [0.25, 0.3) is 0 Å². The summed E-state index contributed by atoms with van der Waals surface area (Å²) in [6.45, 7) is 7.91. The van der Waals surface area contributed by atoms with Crippen LogP contribution in [0.5, 0.6) is 0 Å². The topological polar surface area (TPSA) is 44.4 Å². The lowest BCUT2D eigenvalue weighted by Crippen LogP contribution is -2.43. The number of nitrogens with one attached hydrogen (secondary N) is 2. The minimum Gasteiger partial charge on any atom is -0.325 e. The number of anilines is 1. The number of rotatable bonds is 5. The fourth-order valence-electron chi connectivity index (χ4n) is 2.74. The third kappa shape index (κ3) is 5.14. The largest absolute Gasteiger partial charge is 0.325 e. The third-order valence-electron chi connectivity index (χ3n) is 4.33. The SMILES string of the molecule is Cc1cccc(NC(=O)CNCC2(C)CCN(C)CC2)c1. The van der Waals surface area contributed by atoms with E-state index in [0.29, 0.717) is 12.0 Å². The van der Waals surface area contributed by atoms with Crippen molar-refractivity contribution >= 4 is 11.6 Å². The predicted molar refractivity (Wildman–Crippen MR) is 87.5 cm³/mol. The molecule has 0 spiro atoms. The summed E-state index contributed by atoms with van der Waals surface area (Å²) in [5.41, 5.74) is 2.34. The molecular weight excluding hydrogens is 262 g/mol. The predicted octanol–water partition coefficient (Wildman–Crippen LogP) is 2.26. The zero-order valence-corrected chi connectivity index (χ0v) is 13.4. The van der Waals surface area contributed by atoms with E-state index in [0.717, 1.165) is 30.9 Å². The molecule has 1 aromatic rings. The van der Waals surface area contributed by atoms with E-state index >= 15 is 0 Å². The lowest BCUT2D eigenvalue weighted by molar-refractivity contribution is -0.115. The molecule has 2 N–H and O–H groups in total. The molecule has 1 amide bonds. The zero-order valence-electron chi connectivity index (χ0n) is 13.4. The molecule has 4 nitrogen and oxygen atoms in total. The quantitative estimate of drug-likeness (QED) is 0.874. The van der Waals surface area contributed by atoms with Crippen LogP contribution >= 0.6 is 0 Å². The molecule has 1 fully saturated rings. The first-order valence-corrected chi connectivity index (χ1v) is 7.73. The highest BCUT2D eigenvalue weighted by molar-refractivity contribution is 5.92. The number of amides is 1. The highest BCUT2D eigenvalue weighted by atomic mass is 16.1. The van der Waals surface area contributed by atoms with Gasteiger partial charge in [-0.25, -0.2) is 0 Å². The Kier molecular flexibility index (Phi) is 5.37. The molecule has 1 saturated heterocycles. The van der Waals surface area contributed by atoms with E-state index in [-0.39, 0.29) is 5.91 Å². The minimum absolute atomic E-state index is 0.0251. The normalized spacial score (nSPS) is 18.4. The molecule has 0 aromatic heterocycles. The molecule has 116 valence electrons. The highest BCUT2D eigenvalue weighted by Gasteiger charge is 2.28. The van der Waals surface area contributed by atoms with Crippen molar-refractivity contribution in [3.8, 4) is 0 Å². The summed E-state index contributed by atoms with van der Waals surface area (Å²) in [7, 11) is 2.17. The summed E-state index contributed by atoms with van der Waals surface area (Å²) in [4.78, 5) is 14.3. The molecule has 4 heteroatoms. The molecule has 0 saturated carbocycles. The van der Waals surface area contributed by atoms with Crippen LogP contribution in [0, 0.1) is 12.3 Å². The number of carbonyl (C=O) groups is 1. The number of piperidine rings is 1. The van der Waals surface area contributed by atoms with Crippen LogP contribution in [0.4, 0.5) is 5.69 Å². The fraction of sp³-hybridized carbons (Fsp3) is 0.588. The monoisotopic (exact) mass is 289 g/mol. The first-order chi connectivity index (χ1) is 9.97. The van der Waals surface area contributed by atoms with Gasteiger partial charge in [0.05, 0.1) is 6.54 Å². The van der Waals surface area contributed by atoms with Gasteiger partial charge in [-0.3, -0.25) is 4.79 Å². The van der Waals surface area contributed by atoms with E-state index < -0.39 is 0 Å². The van der Waals surface area contributed by atoms with E-state index in [1.54, 1.807) is 0 Å². The molecule has 0 atom stereocenters. The van der Waals surface area contributed by atoms with Gasteiger partial charge in [0.25, 0.3) is 0 Å². The lowest BCUT2D eigenvalue weighted by Gasteiger charge is -2.38. The van der Waals surface area contributed by atoms with Crippen LogP contribution < -0.4 is 10.6 Å². The second kappa shape index (κ2) is 7.05. The van der Waals surface area contributed by atoms with Gasteiger partial charge in [-0.1, -0.05) is 19.1 Å². The number of benzene rings is 1. The molecular formula is C17H27N3O. The second-order valence-corrected chi connectivity index (χ2v) is 6.64. The van der Waals surface area contributed by atoms with Gasteiger partial charge in [0.2, 0.25) is 5.91 Å². The van der Waals surface area contributed by atoms with Crippen LogP contribution in [0.15, 0.2) is 24.3 Å². The van der Waals surface area contributed by atoms with E-state index in [4.69, 9.17) is 0 Å². The minimum atomic E-state index is 0.0251. The first-order valence-electron chi connectivity index (χ1n) is 7.73. The van der Waals surface area contributed by atoms with Gasteiger partial charge in [-0.05, 0) is 63.0 Å². The van der Waals surface area contributed by atoms with Crippen molar-refractivity contribution in [1.82, 2.24) is 10.2 Å². The Morgan fingerprint density at radius 2 is 2.05 bits per heavy atom. The van der Waals surface area contributed by atoms with Crippen LogP contribution in [0.2, 0.25) is 0 Å². The zero-order chi connectivity index (χ0) is 15.3. The van der Waals surface area contributed by atoms with Crippen molar-refractivity contribution in [3.63, 3.8) is 0 Å². The summed E-state index contributed by atoms with van der Waals surface area (Å²) in [6.07, 6.45) is 2.38. The number of carbonyl (C=O) groups excluding carboxylic acids is 1. The Balaban J connectivity index is 1.72. The number of aryl methyl sites for hydroxylation is 1. The summed E-state index contributed by atoms with van der Waals surface area (Å²) in [6, 6.07) is 7.88. The van der Waals surface area contributed by atoms with E-state index in [9.17, 15) is 4.79 Å². The highest BCUT2D eigenvalue weighted by Crippen LogP contribution is 2.29. The maximum atomic E-state index is 11.9. The Hall–Kier alpha value is -1.39. The van der Waals surface area contributed by atoms with Crippen molar-refractivity contribution in [2.75, 3.05) is 38.5 Å². The molecule has 0 aliphatic carbocycles. The molecule has 0 radical (unpaired) electrons. The van der Waals surface area contributed by atoms with Gasteiger partial charge in [0, 0.05) is 12.2 Å². The molecule has 1 heterocycles. The molecule has 1 aliphatic rings. The Morgan fingerprint density at radius 1 is 1.33 bits per heavy atom. The van der Waals surface area contributed by atoms with Gasteiger partial charge in [-0.2, -0.15) is 0 Å². The number of hydrogen-bond acceptors (Lipinski definition) is 3. The van der Waals surface area contributed by atoms with Gasteiger partial charge in [0.1, 0.15) is 0 Å². The van der Waals surface area contributed by atoms with Crippen LogP contribution in [-0.4, -0.2) is 44.0 Å². The third-order valence-corrected chi connectivity index (χ3v) is 4.33. The van der Waals surface area contributed by atoms with Crippen LogP contribution in [-0.2, 0) is 4.79 Å². The van der Waals surface area contributed by atoms with Crippen molar-refractivity contribution in [2.45, 2.75) is 26.7 Å². The first kappa shape index (κ1) is 16.0. The van der Waals surface area contributed by atoms with E-state index in [1.807, 2.05) is 31.2 Å². The second-order valence-electron chi connectivity index (χ2n) is 6.64. The number of nitrogens with zero attached hydrogens (tertiary/aromatic N) is 1. The van der Waals surface area contributed by atoms with Crippen molar-refractivity contribution < 1.29 is 4.79 Å². The van der Waals surface area contributed by atoms with Gasteiger partial charge >= 0.3 is 0 Å². The Bertz CT molecular complexity index is 479. The lowest BCUT2D eigenvalue weighted by atomic mass is 9.80. The summed E-state index contributed by atoms with van der Waals surface area (Å²) < 4.78 is 0. The van der Waals surface area contributed by atoms with Crippen molar-refractivity contribution in [3.05, 3.63) is 29.8 Å². The molecule has 2 rings (SSSR count). The van der Waals surface area contributed by atoms with Crippen molar-refractivity contribution in [2.24, 2.45) is 5.41 Å². The standard InChI is InChI=1S/C17H27N3O/c1-14-5-4-6-15(11-14)19-16(21)12-18-13-17(2)7-9-20(3)10-8-17/h4-6,11,18H,7-10,12-13H2,1-3H3,(H,19,21). The number of hydrogen-bond donors (Lipinski definition) is 2. The smallest absolute Gasteiger partial charge is 0.238 e. The Morgan fingerprint density at radius 3 is 2.71 bits per heavy atom.